The zero-order chi connectivity index (χ0) is 19.5. The largest absolute Gasteiger partial charge is 0.372 e. The molecule has 0 amide bonds. The molecule has 1 aliphatic heterocycles. The van der Waals surface area contributed by atoms with Gasteiger partial charge in [-0.15, -0.1) is 0 Å². The topological polar surface area (TPSA) is 70.8 Å². The average molecular weight is 421 g/mol. The van der Waals surface area contributed by atoms with Gasteiger partial charge in [0.1, 0.15) is 0 Å². The van der Waals surface area contributed by atoms with Gasteiger partial charge >= 0.3 is 5.97 Å². The molecular weight excluding hydrogens is 399 g/mol. The second-order valence-corrected chi connectivity index (χ2v) is 7.58. The summed E-state index contributed by atoms with van der Waals surface area (Å²) in [4.78, 5) is 16.4. The van der Waals surface area contributed by atoms with Crippen molar-refractivity contribution in [3.8, 4) is 0 Å². The lowest BCUT2D eigenvalue weighted by molar-refractivity contribution is -0.153. The number of hydrogen-bond donors (Lipinski definition) is 2. The zero-order valence-electron chi connectivity index (χ0n) is 14.8. The van der Waals surface area contributed by atoms with Crippen molar-refractivity contribution < 1.29 is 14.0 Å². The summed E-state index contributed by atoms with van der Waals surface area (Å²) in [6, 6.07) is 0. The predicted octanol–water partition coefficient (Wildman–Crippen LogP) is 2.93. The van der Waals surface area contributed by atoms with E-state index in [4.69, 9.17) is 29.7 Å². The first kappa shape index (κ1) is 21.2. The molecule has 144 valence electrons. The van der Waals surface area contributed by atoms with Crippen LogP contribution in [-0.2, 0) is 9.63 Å². The maximum Gasteiger partial charge on any atom is 0.372 e. The van der Waals surface area contributed by atoms with E-state index in [1.54, 1.807) is 11.3 Å². The fraction of sp³-hybridized carbons (Fsp3) is 0.500. The van der Waals surface area contributed by atoms with Crippen LogP contribution < -0.4 is 11.3 Å². The normalized spacial score (nSPS) is 23.2. The van der Waals surface area contributed by atoms with Crippen molar-refractivity contribution in [2.75, 3.05) is 19.3 Å². The molecule has 0 spiro atoms. The summed E-state index contributed by atoms with van der Waals surface area (Å²) >= 11 is 12.9. The number of hydrogen-bond acceptors (Lipinski definition) is 6. The third-order valence-electron chi connectivity index (χ3n) is 4.10. The standard InChI is InChI=1S/C16H22ClFN4O2S2/c1-10(2)11-8-13(16(18,9-12(11)17)14(23)24-19)22(26-3)15(25)21-7-5-4-6-20-21/h8-9,20H,4-7,19H2,1-3H3. The van der Waals surface area contributed by atoms with Gasteiger partial charge in [-0.3, -0.25) is 9.31 Å². The Bertz CT molecular complexity index is 688. The van der Waals surface area contributed by atoms with Crippen molar-refractivity contribution in [3.05, 3.63) is 34.0 Å². The van der Waals surface area contributed by atoms with Crippen LogP contribution >= 0.6 is 35.8 Å². The van der Waals surface area contributed by atoms with Crippen molar-refractivity contribution in [1.29, 1.82) is 0 Å². The molecule has 1 heterocycles. The molecule has 1 aliphatic carbocycles. The van der Waals surface area contributed by atoms with E-state index in [-0.39, 0.29) is 10.7 Å². The van der Waals surface area contributed by atoms with Crippen LogP contribution in [0, 0.1) is 0 Å². The van der Waals surface area contributed by atoms with Gasteiger partial charge in [0.2, 0.25) is 5.11 Å². The number of carbonyl (C=O) groups excluding carboxylic acids is 1. The molecular formula is C16H22ClFN4O2S2. The van der Waals surface area contributed by atoms with Crippen LogP contribution in [-0.4, -0.2) is 45.4 Å². The lowest BCUT2D eigenvalue weighted by atomic mass is 9.91. The minimum absolute atomic E-state index is 0.00146. The van der Waals surface area contributed by atoms with E-state index in [9.17, 15) is 4.79 Å². The van der Waals surface area contributed by atoms with Crippen LogP contribution in [0.4, 0.5) is 4.39 Å². The highest BCUT2D eigenvalue weighted by Gasteiger charge is 2.49. The number of carbonyl (C=O) groups is 1. The van der Waals surface area contributed by atoms with E-state index in [0.29, 0.717) is 17.2 Å². The molecule has 2 aliphatic rings. The fourth-order valence-corrected chi connectivity index (χ4v) is 4.22. The number of thiocarbonyl (C=S) groups is 1. The maximum absolute atomic E-state index is 15.7. The maximum atomic E-state index is 15.7. The van der Waals surface area contributed by atoms with E-state index in [2.05, 4.69) is 10.3 Å². The third-order valence-corrected chi connectivity index (χ3v) is 5.66. The molecule has 0 bridgehead atoms. The van der Waals surface area contributed by atoms with Gasteiger partial charge in [-0.2, -0.15) is 5.90 Å². The van der Waals surface area contributed by atoms with E-state index in [0.717, 1.165) is 31.0 Å². The number of hydrazine groups is 1. The third kappa shape index (κ3) is 4.07. The molecule has 1 fully saturated rings. The smallest absolute Gasteiger partial charge is 0.370 e. The van der Waals surface area contributed by atoms with Crippen molar-refractivity contribution in [3.63, 3.8) is 0 Å². The van der Waals surface area contributed by atoms with Gasteiger partial charge in [-0.05, 0) is 68.6 Å². The molecule has 10 heteroatoms. The van der Waals surface area contributed by atoms with Crippen molar-refractivity contribution in [2.45, 2.75) is 32.4 Å². The summed E-state index contributed by atoms with van der Waals surface area (Å²) in [5.74, 6) is 3.71. The Hall–Kier alpha value is -1.13. The summed E-state index contributed by atoms with van der Waals surface area (Å²) in [7, 11) is 0. The quantitative estimate of drug-likeness (QED) is 0.410. The van der Waals surface area contributed by atoms with Crippen LogP contribution in [0.25, 0.3) is 0 Å². The first-order valence-corrected chi connectivity index (χ1v) is 10.0. The summed E-state index contributed by atoms with van der Waals surface area (Å²) < 4.78 is 17.2. The van der Waals surface area contributed by atoms with Gasteiger partial charge in [0.05, 0.1) is 5.70 Å². The molecule has 26 heavy (non-hydrogen) atoms. The molecule has 1 unspecified atom stereocenters. The lowest BCUT2D eigenvalue weighted by Crippen LogP contribution is -2.53. The monoisotopic (exact) mass is 420 g/mol. The molecule has 1 atom stereocenters. The number of nitrogens with one attached hydrogen (secondary N) is 1. The molecule has 1 saturated heterocycles. The highest BCUT2D eigenvalue weighted by atomic mass is 35.5. The Morgan fingerprint density at radius 1 is 1.54 bits per heavy atom. The number of nitrogens with zero attached hydrogens (tertiary/aromatic N) is 2. The average Bonchev–Trinajstić information content (AvgIpc) is 2.63. The second-order valence-electron chi connectivity index (χ2n) is 6.08. The van der Waals surface area contributed by atoms with Gasteiger partial charge in [-0.1, -0.05) is 17.2 Å². The summed E-state index contributed by atoms with van der Waals surface area (Å²) in [5, 5.41) is 2.23. The van der Waals surface area contributed by atoms with Crippen molar-refractivity contribution >= 4 is 46.8 Å². The minimum Gasteiger partial charge on any atom is -0.370 e. The molecule has 0 radical (unpaired) electrons. The van der Waals surface area contributed by atoms with Gasteiger partial charge in [-0.25, -0.2) is 14.6 Å². The molecule has 0 aromatic heterocycles. The molecule has 6 nitrogen and oxygen atoms in total. The fourth-order valence-electron chi connectivity index (χ4n) is 2.72. The Kier molecular flexibility index (Phi) is 7.09. The van der Waals surface area contributed by atoms with Crippen molar-refractivity contribution in [1.82, 2.24) is 14.7 Å². The SMILES string of the molecule is CSN(C(=S)N1CCCCN1)C1=CC(=C(C)C)C(Cl)=CC1(F)C(=O)ON. The molecule has 0 aromatic rings. The Balaban J connectivity index is 2.51. The first-order chi connectivity index (χ1) is 12.3. The van der Waals surface area contributed by atoms with E-state index in [1.807, 2.05) is 13.8 Å². The summed E-state index contributed by atoms with van der Waals surface area (Å²) in [5.41, 5.74) is 2.02. The van der Waals surface area contributed by atoms with Crippen LogP contribution in [0.2, 0.25) is 0 Å². The lowest BCUT2D eigenvalue weighted by Gasteiger charge is -2.39. The van der Waals surface area contributed by atoms with Gasteiger partial charge in [0.15, 0.2) is 0 Å². The van der Waals surface area contributed by atoms with Crippen molar-refractivity contribution in [2.24, 2.45) is 5.90 Å². The Labute approximate surface area is 167 Å². The van der Waals surface area contributed by atoms with Crippen LogP contribution in [0.1, 0.15) is 26.7 Å². The number of alkyl halides is 1. The van der Waals surface area contributed by atoms with Crippen LogP contribution in [0.15, 0.2) is 34.0 Å². The van der Waals surface area contributed by atoms with E-state index < -0.39 is 11.6 Å². The highest BCUT2D eigenvalue weighted by molar-refractivity contribution is 7.98. The first-order valence-electron chi connectivity index (χ1n) is 8.04. The number of rotatable bonds is 3. The minimum atomic E-state index is -2.65. The molecule has 3 N–H and O–H groups in total. The van der Waals surface area contributed by atoms with Gasteiger partial charge in [0, 0.05) is 24.4 Å². The Morgan fingerprint density at radius 3 is 2.73 bits per heavy atom. The predicted molar refractivity (Wildman–Crippen MR) is 106 cm³/mol. The molecule has 0 saturated carbocycles. The zero-order valence-corrected chi connectivity index (χ0v) is 17.2. The summed E-state index contributed by atoms with van der Waals surface area (Å²) in [6.45, 7) is 5.16. The molecule has 2 rings (SSSR count). The van der Waals surface area contributed by atoms with Gasteiger partial charge < -0.3 is 4.84 Å². The number of halogens is 2. The number of allylic oxidation sites excluding steroid dienone is 4. The van der Waals surface area contributed by atoms with Crippen LogP contribution in [0.3, 0.4) is 0 Å². The second kappa shape index (κ2) is 8.71. The number of nitrogens with two attached hydrogens (primary N) is 1. The Morgan fingerprint density at radius 2 is 2.23 bits per heavy atom. The van der Waals surface area contributed by atoms with E-state index >= 15 is 4.39 Å². The summed E-state index contributed by atoms with van der Waals surface area (Å²) in [6.07, 6.45) is 6.27. The van der Waals surface area contributed by atoms with Gasteiger partial charge in [0.25, 0.3) is 5.67 Å². The highest BCUT2D eigenvalue weighted by Crippen LogP contribution is 2.41. The van der Waals surface area contributed by atoms with E-state index in [1.165, 1.54) is 22.3 Å². The molecule has 0 aromatic carbocycles. The van der Waals surface area contributed by atoms with Crippen LogP contribution in [0.5, 0.6) is 0 Å².